The zero-order valence-corrected chi connectivity index (χ0v) is 16.1. The van der Waals surface area contributed by atoms with Crippen molar-refractivity contribution in [2.75, 3.05) is 11.9 Å². The number of hydrogen-bond acceptors (Lipinski definition) is 6. The Hall–Kier alpha value is -4.08. The molecule has 0 radical (unpaired) electrons. The summed E-state index contributed by atoms with van der Waals surface area (Å²) in [5.41, 5.74) is 1.14. The van der Waals surface area contributed by atoms with Crippen LogP contribution in [0, 0.1) is 29.8 Å². The fraction of sp³-hybridized carbons (Fsp3) is 0.150. The second kappa shape index (κ2) is 8.52. The number of halogens is 1. The summed E-state index contributed by atoms with van der Waals surface area (Å²) < 4.78 is 19.8. The van der Waals surface area contributed by atoms with Crippen molar-refractivity contribution < 1.29 is 23.6 Å². The maximum Gasteiger partial charge on any atom is 0.342 e. The highest BCUT2D eigenvalue weighted by Crippen LogP contribution is 2.25. The van der Waals surface area contributed by atoms with Gasteiger partial charge in [0.05, 0.1) is 28.1 Å². The van der Waals surface area contributed by atoms with Gasteiger partial charge in [0.1, 0.15) is 17.1 Å². The van der Waals surface area contributed by atoms with E-state index in [1.54, 1.807) is 18.5 Å². The number of anilines is 1. The molecule has 0 atom stereocenters. The molecule has 0 bridgehead atoms. The standard InChI is InChI=1S/C20H17FN4O5/c1-12-19(13(2)24(23-12)15-6-4-3-5-7-15)20(27)30-11-18(26)22-16-9-8-14(21)10-17(16)25(28)29/h3-10H,11H2,1-2H3,(H,22,26). The van der Waals surface area contributed by atoms with E-state index in [0.29, 0.717) is 17.5 Å². The summed E-state index contributed by atoms with van der Waals surface area (Å²) in [6, 6.07) is 11.9. The van der Waals surface area contributed by atoms with Crippen molar-refractivity contribution in [3.05, 3.63) is 81.4 Å². The summed E-state index contributed by atoms with van der Waals surface area (Å²) in [4.78, 5) is 34.7. The van der Waals surface area contributed by atoms with Gasteiger partial charge in [0.25, 0.3) is 11.6 Å². The third-order valence-corrected chi connectivity index (χ3v) is 4.26. The van der Waals surface area contributed by atoms with Gasteiger partial charge in [0.15, 0.2) is 6.61 Å². The molecule has 0 unspecified atom stereocenters. The molecule has 0 aliphatic carbocycles. The lowest BCUT2D eigenvalue weighted by Gasteiger charge is -2.08. The summed E-state index contributed by atoms with van der Waals surface area (Å²) in [5.74, 6) is -2.37. The molecule has 1 heterocycles. The lowest BCUT2D eigenvalue weighted by atomic mass is 10.2. The molecule has 3 rings (SSSR count). The maximum atomic E-state index is 13.2. The van der Waals surface area contributed by atoms with Crippen LogP contribution in [0.4, 0.5) is 15.8 Å². The average Bonchev–Trinajstić information content (AvgIpc) is 3.02. The Balaban J connectivity index is 1.70. The van der Waals surface area contributed by atoms with Crippen LogP contribution in [-0.2, 0) is 9.53 Å². The molecule has 0 aliphatic heterocycles. The Morgan fingerprint density at radius 3 is 2.57 bits per heavy atom. The van der Waals surface area contributed by atoms with Gasteiger partial charge in [0, 0.05) is 0 Å². The van der Waals surface area contributed by atoms with Gasteiger partial charge in [-0.3, -0.25) is 14.9 Å². The Kier molecular flexibility index (Phi) is 5.86. The minimum Gasteiger partial charge on any atom is -0.452 e. The first-order chi connectivity index (χ1) is 14.3. The van der Waals surface area contributed by atoms with E-state index in [2.05, 4.69) is 10.4 Å². The molecule has 154 valence electrons. The van der Waals surface area contributed by atoms with Crippen LogP contribution < -0.4 is 5.32 Å². The molecule has 9 nitrogen and oxygen atoms in total. The molecule has 1 amide bonds. The lowest BCUT2D eigenvalue weighted by molar-refractivity contribution is -0.384. The van der Waals surface area contributed by atoms with E-state index in [9.17, 15) is 24.1 Å². The number of aromatic nitrogens is 2. The molecule has 2 aromatic carbocycles. The quantitative estimate of drug-likeness (QED) is 0.377. The van der Waals surface area contributed by atoms with Crippen LogP contribution in [0.25, 0.3) is 5.69 Å². The minimum atomic E-state index is -0.824. The number of para-hydroxylation sites is 1. The van der Waals surface area contributed by atoms with E-state index >= 15 is 0 Å². The summed E-state index contributed by atoms with van der Waals surface area (Å²) in [6.07, 6.45) is 0. The Labute approximate surface area is 170 Å². The Morgan fingerprint density at radius 1 is 1.20 bits per heavy atom. The van der Waals surface area contributed by atoms with Gasteiger partial charge in [-0.05, 0) is 38.1 Å². The van der Waals surface area contributed by atoms with Crippen LogP contribution in [0.3, 0.4) is 0 Å². The minimum absolute atomic E-state index is 0.202. The van der Waals surface area contributed by atoms with E-state index < -0.39 is 34.9 Å². The van der Waals surface area contributed by atoms with Crippen molar-refractivity contribution in [2.24, 2.45) is 0 Å². The lowest BCUT2D eigenvalue weighted by Crippen LogP contribution is -2.22. The molecule has 30 heavy (non-hydrogen) atoms. The first-order valence-corrected chi connectivity index (χ1v) is 8.80. The van der Waals surface area contributed by atoms with Gasteiger partial charge in [0.2, 0.25) is 0 Å². The van der Waals surface area contributed by atoms with Gasteiger partial charge < -0.3 is 10.1 Å². The van der Waals surface area contributed by atoms with Crippen LogP contribution in [0.15, 0.2) is 48.5 Å². The molecule has 0 aliphatic rings. The van der Waals surface area contributed by atoms with Gasteiger partial charge in [-0.2, -0.15) is 5.10 Å². The number of benzene rings is 2. The fourth-order valence-corrected chi connectivity index (χ4v) is 2.91. The highest BCUT2D eigenvalue weighted by atomic mass is 19.1. The third-order valence-electron chi connectivity index (χ3n) is 4.26. The van der Waals surface area contributed by atoms with Crippen molar-refractivity contribution >= 4 is 23.3 Å². The van der Waals surface area contributed by atoms with Gasteiger partial charge in [-0.1, -0.05) is 18.2 Å². The van der Waals surface area contributed by atoms with E-state index in [0.717, 1.165) is 17.8 Å². The SMILES string of the molecule is Cc1nn(-c2ccccc2)c(C)c1C(=O)OCC(=O)Nc1ccc(F)cc1[N+](=O)[O-]. The average molecular weight is 412 g/mol. The Bertz CT molecular complexity index is 1130. The summed E-state index contributed by atoms with van der Waals surface area (Å²) in [6.45, 7) is 2.67. The number of carbonyl (C=O) groups excluding carboxylic acids is 2. The molecule has 0 saturated carbocycles. The highest BCUT2D eigenvalue weighted by molar-refractivity contribution is 5.97. The number of nitrogens with one attached hydrogen (secondary N) is 1. The smallest absolute Gasteiger partial charge is 0.342 e. The predicted octanol–water partition coefficient (Wildman–Crippen LogP) is 3.33. The first kappa shape index (κ1) is 20.6. The number of aryl methyl sites for hydroxylation is 1. The molecule has 1 aromatic heterocycles. The second-order valence-corrected chi connectivity index (χ2v) is 6.34. The monoisotopic (exact) mass is 412 g/mol. The van der Waals surface area contributed by atoms with Crippen LogP contribution in [0.1, 0.15) is 21.7 Å². The molecular formula is C20H17FN4O5. The number of rotatable bonds is 6. The number of hydrogen-bond donors (Lipinski definition) is 1. The molecule has 0 spiro atoms. The first-order valence-electron chi connectivity index (χ1n) is 8.80. The Morgan fingerprint density at radius 2 is 1.90 bits per heavy atom. The summed E-state index contributed by atoms with van der Waals surface area (Å²) in [5, 5.41) is 17.6. The van der Waals surface area contributed by atoms with Crippen LogP contribution in [-0.4, -0.2) is 33.2 Å². The van der Waals surface area contributed by atoms with E-state index in [1.807, 2.05) is 30.3 Å². The zero-order valence-electron chi connectivity index (χ0n) is 16.1. The van der Waals surface area contributed by atoms with E-state index in [-0.39, 0.29) is 11.3 Å². The predicted molar refractivity (Wildman–Crippen MR) is 105 cm³/mol. The molecule has 0 saturated heterocycles. The number of ether oxygens (including phenoxy) is 1. The van der Waals surface area contributed by atoms with Gasteiger partial charge >= 0.3 is 5.97 Å². The van der Waals surface area contributed by atoms with Crippen LogP contribution in [0.2, 0.25) is 0 Å². The van der Waals surface area contributed by atoms with Crippen LogP contribution >= 0.6 is 0 Å². The number of nitrogens with zero attached hydrogens (tertiary/aromatic N) is 3. The van der Waals surface area contributed by atoms with Gasteiger partial charge in [-0.25, -0.2) is 13.9 Å². The van der Waals surface area contributed by atoms with Crippen molar-refractivity contribution in [1.29, 1.82) is 0 Å². The normalized spacial score (nSPS) is 10.5. The van der Waals surface area contributed by atoms with Crippen LogP contribution in [0.5, 0.6) is 0 Å². The van der Waals surface area contributed by atoms with Crippen molar-refractivity contribution in [2.45, 2.75) is 13.8 Å². The number of nitro groups is 1. The van der Waals surface area contributed by atoms with E-state index in [1.165, 1.54) is 0 Å². The fourth-order valence-electron chi connectivity index (χ4n) is 2.91. The third kappa shape index (κ3) is 4.32. The number of nitro benzene ring substituents is 1. The second-order valence-electron chi connectivity index (χ2n) is 6.34. The number of amides is 1. The van der Waals surface area contributed by atoms with E-state index in [4.69, 9.17) is 4.74 Å². The molecule has 3 aromatic rings. The number of carbonyl (C=O) groups is 2. The maximum absolute atomic E-state index is 13.2. The molecular weight excluding hydrogens is 395 g/mol. The largest absolute Gasteiger partial charge is 0.452 e. The zero-order chi connectivity index (χ0) is 21.8. The van der Waals surface area contributed by atoms with Crippen molar-refractivity contribution in [3.63, 3.8) is 0 Å². The molecule has 0 fully saturated rings. The topological polar surface area (TPSA) is 116 Å². The molecule has 1 N–H and O–H groups in total. The van der Waals surface area contributed by atoms with Crippen molar-refractivity contribution in [3.8, 4) is 5.69 Å². The summed E-state index contributed by atoms with van der Waals surface area (Å²) in [7, 11) is 0. The summed E-state index contributed by atoms with van der Waals surface area (Å²) >= 11 is 0. The van der Waals surface area contributed by atoms with Crippen molar-refractivity contribution in [1.82, 2.24) is 9.78 Å². The van der Waals surface area contributed by atoms with Gasteiger partial charge in [-0.15, -0.1) is 0 Å². The number of esters is 1. The molecule has 10 heteroatoms. The highest BCUT2D eigenvalue weighted by Gasteiger charge is 2.22.